The van der Waals surface area contributed by atoms with Crippen molar-refractivity contribution in [3.63, 3.8) is 0 Å². The fourth-order valence-corrected chi connectivity index (χ4v) is 4.52. The molecular weight excluding hydrogens is 564 g/mol. The molecule has 2 aromatic carbocycles. The molecule has 41 heavy (non-hydrogen) atoms. The highest BCUT2D eigenvalue weighted by Gasteiger charge is 2.17. The highest BCUT2D eigenvalue weighted by molar-refractivity contribution is 7.99. The lowest BCUT2D eigenvalue weighted by Crippen LogP contribution is -2.11. The number of benzene rings is 2. The third-order valence-corrected chi connectivity index (χ3v) is 7.40. The molecule has 4 N–H and O–H groups in total. The smallest absolute Gasteiger partial charge is 0.220 e. The molecule has 4 rings (SSSR count). The number of carbonyl (C=O) groups excluding carboxylic acids is 2. The summed E-state index contributed by atoms with van der Waals surface area (Å²) in [6, 6.07) is 13.5. The van der Waals surface area contributed by atoms with Gasteiger partial charge in [-0.05, 0) is 54.3 Å². The van der Waals surface area contributed by atoms with E-state index in [4.69, 9.17) is 20.9 Å². The Kier molecular flexibility index (Phi) is 11.3. The molecule has 0 aliphatic heterocycles. The number of anilines is 2. The molecule has 0 aliphatic carbocycles. The minimum absolute atomic E-state index is 0.0302. The standard InChI is InChI=1S/C14H15N3O3S.C14H15N3O2S/c1-3-21(19)14-16-8-11(13(15)17-14)12(18)9-4-6-10(20-2)7-5-9;1-3-20-14-16-8-11(13(15)17-14)12(18)9-4-6-10(19-2)7-5-9/h4-8H,3H2,1-2H3,(H2,15,16,17);4-8H,3H2,1-2H3,(H2,15,16,17). The number of hydrogen-bond donors (Lipinski definition) is 2. The summed E-state index contributed by atoms with van der Waals surface area (Å²) in [5.41, 5.74) is 13.1. The van der Waals surface area contributed by atoms with E-state index >= 15 is 0 Å². The molecule has 0 bridgehead atoms. The van der Waals surface area contributed by atoms with Crippen molar-refractivity contribution >= 4 is 45.8 Å². The molecule has 0 spiro atoms. The minimum Gasteiger partial charge on any atom is -0.497 e. The maximum Gasteiger partial charge on any atom is 0.220 e. The fourth-order valence-electron chi connectivity index (χ4n) is 3.34. The zero-order valence-electron chi connectivity index (χ0n) is 23.0. The summed E-state index contributed by atoms with van der Waals surface area (Å²) in [6.07, 6.45) is 2.80. The summed E-state index contributed by atoms with van der Waals surface area (Å²) in [5.74, 6) is 2.35. The molecule has 0 fully saturated rings. The molecule has 214 valence electrons. The van der Waals surface area contributed by atoms with Crippen LogP contribution in [0.2, 0.25) is 0 Å². The summed E-state index contributed by atoms with van der Waals surface area (Å²) in [7, 11) is 1.83. The molecule has 11 nitrogen and oxygen atoms in total. The van der Waals surface area contributed by atoms with Crippen molar-refractivity contribution in [2.24, 2.45) is 0 Å². The third kappa shape index (κ3) is 8.08. The van der Waals surface area contributed by atoms with E-state index in [1.54, 1.807) is 69.7 Å². The monoisotopic (exact) mass is 594 g/mol. The molecule has 0 aliphatic rings. The molecule has 0 saturated heterocycles. The highest BCUT2D eigenvalue weighted by Crippen LogP contribution is 2.21. The number of ether oxygens (including phenoxy) is 2. The van der Waals surface area contributed by atoms with Crippen LogP contribution in [0.1, 0.15) is 45.7 Å². The van der Waals surface area contributed by atoms with E-state index in [-0.39, 0.29) is 33.9 Å². The number of carbonyl (C=O) groups is 2. The molecule has 0 amide bonds. The van der Waals surface area contributed by atoms with Crippen LogP contribution in [0.3, 0.4) is 0 Å². The summed E-state index contributed by atoms with van der Waals surface area (Å²) in [5, 5.41) is 0.720. The Labute approximate surface area is 244 Å². The Bertz CT molecular complexity index is 1530. The lowest BCUT2D eigenvalue weighted by molar-refractivity contribution is 0.103. The second-order valence-electron chi connectivity index (χ2n) is 8.09. The van der Waals surface area contributed by atoms with Gasteiger partial charge in [0.25, 0.3) is 0 Å². The van der Waals surface area contributed by atoms with Crippen LogP contribution in [0, 0.1) is 0 Å². The lowest BCUT2D eigenvalue weighted by Gasteiger charge is -2.06. The summed E-state index contributed by atoms with van der Waals surface area (Å²) in [6.45, 7) is 3.76. The van der Waals surface area contributed by atoms with Gasteiger partial charge in [0.05, 0.1) is 36.1 Å². The average molecular weight is 595 g/mol. The van der Waals surface area contributed by atoms with Gasteiger partial charge < -0.3 is 20.9 Å². The molecule has 4 aromatic rings. The highest BCUT2D eigenvalue weighted by atomic mass is 32.2. The van der Waals surface area contributed by atoms with Crippen molar-refractivity contribution < 1.29 is 23.3 Å². The molecule has 0 radical (unpaired) electrons. The SMILES string of the molecule is CCS(=O)c1ncc(C(=O)c2ccc(OC)cc2)c(N)n1.CCSc1ncc(C(=O)c2ccc(OC)cc2)c(N)n1. The number of rotatable bonds is 10. The number of methoxy groups -OCH3 is 2. The number of aromatic nitrogens is 4. The van der Waals surface area contributed by atoms with Crippen LogP contribution in [-0.2, 0) is 10.8 Å². The van der Waals surface area contributed by atoms with Crippen molar-refractivity contribution in [1.29, 1.82) is 0 Å². The van der Waals surface area contributed by atoms with Crippen molar-refractivity contribution in [3.05, 3.63) is 83.2 Å². The Morgan fingerprint density at radius 2 is 1.24 bits per heavy atom. The van der Waals surface area contributed by atoms with Crippen LogP contribution in [0.25, 0.3) is 0 Å². The molecule has 2 aromatic heterocycles. The molecule has 2 heterocycles. The predicted molar refractivity (Wildman–Crippen MR) is 159 cm³/mol. The number of hydrogen-bond acceptors (Lipinski definition) is 12. The Morgan fingerprint density at radius 1 is 0.780 bits per heavy atom. The number of nitrogens with zero attached hydrogens (tertiary/aromatic N) is 4. The van der Waals surface area contributed by atoms with Crippen LogP contribution in [0.15, 0.2) is 71.2 Å². The van der Waals surface area contributed by atoms with E-state index in [0.29, 0.717) is 39.1 Å². The third-order valence-electron chi connectivity index (χ3n) is 5.53. The van der Waals surface area contributed by atoms with Gasteiger partial charge in [0, 0.05) is 29.3 Å². The van der Waals surface area contributed by atoms with Crippen molar-refractivity contribution in [1.82, 2.24) is 19.9 Å². The maximum atomic E-state index is 12.3. The van der Waals surface area contributed by atoms with Crippen LogP contribution < -0.4 is 20.9 Å². The van der Waals surface area contributed by atoms with Crippen LogP contribution >= 0.6 is 11.8 Å². The zero-order chi connectivity index (χ0) is 29.9. The summed E-state index contributed by atoms with van der Waals surface area (Å²) in [4.78, 5) is 40.8. The normalized spacial score (nSPS) is 11.1. The first-order valence-corrected chi connectivity index (χ1v) is 14.7. The molecule has 1 atom stereocenters. The van der Waals surface area contributed by atoms with Crippen LogP contribution in [0.4, 0.5) is 11.6 Å². The van der Waals surface area contributed by atoms with E-state index in [1.165, 1.54) is 24.2 Å². The Hall–Kier alpha value is -4.36. The van der Waals surface area contributed by atoms with E-state index in [2.05, 4.69) is 19.9 Å². The zero-order valence-corrected chi connectivity index (χ0v) is 24.6. The van der Waals surface area contributed by atoms with Crippen LogP contribution in [-0.4, -0.2) is 61.4 Å². The Balaban J connectivity index is 0.000000226. The molecular formula is C28H30N6O5S2. The minimum atomic E-state index is -1.30. The van der Waals surface area contributed by atoms with E-state index < -0.39 is 10.8 Å². The summed E-state index contributed by atoms with van der Waals surface area (Å²) < 4.78 is 21.7. The van der Waals surface area contributed by atoms with Gasteiger partial charge in [-0.25, -0.2) is 19.9 Å². The second kappa shape index (κ2) is 14.9. The lowest BCUT2D eigenvalue weighted by atomic mass is 10.1. The fraction of sp³-hybridized carbons (Fsp3) is 0.214. The molecule has 1 unspecified atom stereocenters. The first kappa shape index (κ1) is 31.2. The average Bonchev–Trinajstić information content (AvgIpc) is 3.00. The van der Waals surface area contributed by atoms with Crippen molar-refractivity contribution in [3.8, 4) is 11.5 Å². The number of nitrogens with two attached hydrogens (primary N) is 2. The van der Waals surface area contributed by atoms with E-state index in [1.807, 2.05) is 6.92 Å². The van der Waals surface area contributed by atoms with E-state index in [0.717, 1.165) is 5.75 Å². The Morgan fingerprint density at radius 3 is 1.63 bits per heavy atom. The largest absolute Gasteiger partial charge is 0.497 e. The topological polar surface area (TPSA) is 173 Å². The quantitative estimate of drug-likeness (QED) is 0.154. The van der Waals surface area contributed by atoms with E-state index in [9.17, 15) is 13.8 Å². The number of ketones is 2. The van der Waals surface area contributed by atoms with Gasteiger partial charge in [-0.3, -0.25) is 13.8 Å². The van der Waals surface area contributed by atoms with Gasteiger partial charge in [0.15, 0.2) is 16.7 Å². The first-order valence-electron chi connectivity index (χ1n) is 12.4. The van der Waals surface area contributed by atoms with Gasteiger partial charge in [-0.1, -0.05) is 25.6 Å². The number of nitrogen functional groups attached to an aromatic ring is 2. The maximum absolute atomic E-state index is 12.3. The van der Waals surface area contributed by atoms with Gasteiger partial charge in [0.1, 0.15) is 23.1 Å². The number of thioether (sulfide) groups is 1. The second-order valence-corrected chi connectivity index (χ2v) is 11.0. The van der Waals surface area contributed by atoms with Crippen LogP contribution in [0.5, 0.6) is 11.5 Å². The predicted octanol–water partition coefficient (Wildman–Crippen LogP) is 3.84. The van der Waals surface area contributed by atoms with Crippen molar-refractivity contribution in [2.75, 3.05) is 37.2 Å². The molecule has 0 saturated carbocycles. The van der Waals surface area contributed by atoms with Gasteiger partial charge >= 0.3 is 0 Å². The van der Waals surface area contributed by atoms with Gasteiger partial charge in [0.2, 0.25) is 5.16 Å². The summed E-state index contributed by atoms with van der Waals surface area (Å²) >= 11 is 1.48. The van der Waals surface area contributed by atoms with Gasteiger partial charge in [-0.2, -0.15) is 0 Å². The first-order chi connectivity index (χ1) is 19.7. The molecule has 13 heteroatoms. The van der Waals surface area contributed by atoms with Crippen molar-refractivity contribution in [2.45, 2.75) is 24.2 Å². The van der Waals surface area contributed by atoms with Gasteiger partial charge in [-0.15, -0.1) is 0 Å².